The summed E-state index contributed by atoms with van der Waals surface area (Å²) < 4.78 is 18.8. The number of hydrogen-bond acceptors (Lipinski definition) is 2. The molecule has 0 unspecified atom stereocenters. The lowest BCUT2D eigenvalue weighted by Gasteiger charge is -2.04. The van der Waals surface area contributed by atoms with Crippen molar-refractivity contribution in [2.24, 2.45) is 0 Å². The van der Waals surface area contributed by atoms with Crippen molar-refractivity contribution in [3.05, 3.63) is 69.9 Å². The number of carbonyl (C=O) groups is 1. The predicted molar refractivity (Wildman–Crippen MR) is 85.6 cm³/mol. The zero-order valence-corrected chi connectivity index (χ0v) is 13.2. The van der Waals surface area contributed by atoms with Crippen LogP contribution in [0.5, 0.6) is 0 Å². The quantitative estimate of drug-likeness (QED) is 0.842. The molecule has 0 bridgehead atoms. The van der Waals surface area contributed by atoms with Crippen LogP contribution in [0.25, 0.3) is 0 Å². The third-order valence-corrected chi connectivity index (χ3v) is 3.38. The van der Waals surface area contributed by atoms with Gasteiger partial charge in [0.25, 0.3) is 0 Å². The zero-order valence-electron chi connectivity index (χ0n) is 11.6. The molecule has 3 nitrogen and oxygen atoms in total. The number of ether oxygens (including phenoxy) is 1. The molecule has 0 fully saturated rings. The van der Waals surface area contributed by atoms with Gasteiger partial charge < -0.3 is 10.1 Å². The van der Waals surface area contributed by atoms with Gasteiger partial charge >= 0.3 is 6.09 Å². The van der Waals surface area contributed by atoms with Crippen molar-refractivity contribution in [2.75, 3.05) is 6.54 Å². The first-order valence-electron chi connectivity index (χ1n) is 6.53. The van der Waals surface area contributed by atoms with E-state index in [4.69, 9.17) is 4.74 Å². The standard InChI is InChI=1S/C17H13BrFNO2/c18-16-9-8-15(19)11-14(16)7-4-10-20-17(21)22-12-13-5-2-1-3-6-13/h1-3,5-6,8-9,11H,10,12H2,(H,20,21). The summed E-state index contributed by atoms with van der Waals surface area (Å²) in [5.74, 6) is 5.16. The molecule has 0 aromatic heterocycles. The lowest BCUT2D eigenvalue weighted by Crippen LogP contribution is -2.24. The number of benzene rings is 2. The highest BCUT2D eigenvalue weighted by Crippen LogP contribution is 2.16. The molecule has 22 heavy (non-hydrogen) atoms. The van der Waals surface area contributed by atoms with Crippen LogP contribution >= 0.6 is 15.9 Å². The lowest BCUT2D eigenvalue weighted by molar-refractivity contribution is 0.141. The molecule has 0 spiro atoms. The van der Waals surface area contributed by atoms with E-state index in [1.165, 1.54) is 12.1 Å². The molecule has 0 aliphatic rings. The third-order valence-electron chi connectivity index (χ3n) is 2.69. The zero-order chi connectivity index (χ0) is 15.8. The van der Waals surface area contributed by atoms with Crippen molar-refractivity contribution in [2.45, 2.75) is 6.61 Å². The van der Waals surface area contributed by atoms with Crippen molar-refractivity contribution >= 4 is 22.0 Å². The van der Waals surface area contributed by atoms with Gasteiger partial charge in [-0.15, -0.1) is 0 Å². The van der Waals surface area contributed by atoms with Crippen LogP contribution in [0.1, 0.15) is 11.1 Å². The minimum Gasteiger partial charge on any atom is -0.445 e. The van der Waals surface area contributed by atoms with Gasteiger partial charge in [-0.25, -0.2) is 9.18 Å². The van der Waals surface area contributed by atoms with Crippen molar-refractivity contribution < 1.29 is 13.9 Å². The van der Waals surface area contributed by atoms with Crippen LogP contribution in [-0.2, 0) is 11.3 Å². The van der Waals surface area contributed by atoms with E-state index < -0.39 is 6.09 Å². The molecule has 0 heterocycles. The van der Waals surface area contributed by atoms with Crippen molar-refractivity contribution in [1.82, 2.24) is 5.32 Å². The van der Waals surface area contributed by atoms with Gasteiger partial charge in [-0.05, 0) is 39.7 Å². The first kappa shape index (κ1) is 16.1. The summed E-state index contributed by atoms with van der Waals surface area (Å²) in [7, 11) is 0. The first-order valence-corrected chi connectivity index (χ1v) is 7.33. The Morgan fingerprint density at radius 3 is 2.77 bits per heavy atom. The van der Waals surface area contributed by atoms with Crippen LogP contribution in [0.15, 0.2) is 53.0 Å². The first-order chi connectivity index (χ1) is 10.6. The second-order valence-electron chi connectivity index (χ2n) is 4.34. The minimum atomic E-state index is -0.545. The number of amides is 1. The minimum absolute atomic E-state index is 0.122. The molecular formula is C17H13BrFNO2. The highest BCUT2D eigenvalue weighted by Gasteiger charge is 2.01. The van der Waals surface area contributed by atoms with E-state index in [0.29, 0.717) is 10.0 Å². The number of rotatable bonds is 3. The Hall–Kier alpha value is -2.32. The summed E-state index contributed by atoms with van der Waals surface area (Å²) in [5.41, 5.74) is 1.44. The summed E-state index contributed by atoms with van der Waals surface area (Å²) in [4.78, 5) is 11.5. The lowest BCUT2D eigenvalue weighted by atomic mass is 10.2. The van der Waals surface area contributed by atoms with Crippen LogP contribution in [0.4, 0.5) is 9.18 Å². The fraction of sp³-hybridized carbons (Fsp3) is 0.118. The Bertz CT molecular complexity index is 708. The van der Waals surface area contributed by atoms with Crippen molar-refractivity contribution in [3.63, 3.8) is 0 Å². The van der Waals surface area contributed by atoms with E-state index in [0.717, 1.165) is 5.56 Å². The fourth-order valence-electron chi connectivity index (χ4n) is 1.62. The predicted octanol–water partition coefficient (Wildman–Crippen LogP) is 3.87. The summed E-state index contributed by atoms with van der Waals surface area (Å²) >= 11 is 3.28. The van der Waals surface area contributed by atoms with Crippen molar-refractivity contribution in [3.8, 4) is 11.8 Å². The largest absolute Gasteiger partial charge is 0.445 e. The van der Waals surface area contributed by atoms with E-state index in [2.05, 4.69) is 33.1 Å². The topological polar surface area (TPSA) is 38.3 Å². The summed E-state index contributed by atoms with van der Waals surface area (Å²) in [5, 5.41) is 2.51. The summed E-state index contributed by atoms with van der Waals surface area (Å²) in [6.45, 7) is 0.326. The maximum atomic E-state index is 13.1. The molecule has 0 saturated carbocycles. The number of hydrogen-bond donors (Lipinski definition) is 1. The number of alkyl carbamates (subject to hydrolysis) is 1. The molecule has 112 valence electrons. The summed E-state index contributed by atoms with van der Waals surface area (Å²) in [6, 6.07) is 13.6. The van der Waals surface area contributed by atoms with Gasteiger partial charge in [0.15, 0.2) is 0 Å². The molecule has 0 aliphatic heterocycles. The molecule has 2 aromatic rings. The van der Waals surface area contributed by atoms with Crippen LogP contribution < -0.4 is 5.32 Å². The van der Waals surface area contributed by atoms with E-state index in [9.17, 15) is 9.18 Å². The average molecular weight is 362 g/mol. The Labute approximate surface area is 136 Å². The smallest absolute Gasteiger partial charge is 0.408 e. The second kappa shape index (κ2) is 8.20. The SMILES string of the molecule is O=C(NCC#Cc1cc(F)ccc1Br)OCc1ccccc1. The molecule has 1 amide bonds. The number of carbonyl (C=O) groups excluding carboxylic acids is 1. The molecule has 0 atom stereocenters. The second-order valence-corrected chi connectivity index (χ2v) is 5.20. The molecule has 5 heteroatoms. The van der Waals surface area contributed by atoms with Crippen LogP contribution in [0.3, 0.4) is 0 Å². The normalized spacial score (nSPS) is 9.55. The molecule has 0 aliphatic carbocycles. The van der Waals surface area contributed by atoms with Crippen molar-refractivity contribution in [1.29, 1.82) is 0 Å². The maximum absolute atomic E-state index is 13.1. The summed E-state index contributed by atoms with van der Waals surface area (Å²) in [6.07, 6.45) is -0.545. The van der Waals surface area contributed by atoms with E-state index >= 15 is 0 Å². The fourth-order valence-corrected chi connectivity index (χ4v) is 1.97. The van der Waals surface area contributed by atoms with Gasteiger partial charge in [0.1, 0.15) is 12.4 Å². The van der Waals surface area contributed by atoms with Crippen LogP contribution in [-0.4, -0.2) is 12.6 Å². The van der Waals surface area contributed by atoms with Gasteiger partial charge in [0.05, 0.1) is 6.54 Å². The number of halogens is 2. The van der Waals surface area contributed by atoms with E-state index in [1.54, 1.807) is 6.07 Å². The monoisotopic (exact) mass is 361 g/mol. The van der Waals surface area contributed by atoms with Gasteiger partial charge in [-0.2, -0.15) is 0 Å². The Balaban J connectivity index is 1.78. The number of nitrogens with one attached hydrogen (secondary N) is 1. The van der Waals surface area contributed by atoms with E-state index in [-0.39, 0.29) is 19.0 Å². The van der Waals surface area contributed by atoms with Crippen LogP contribution in [0, 0.1) is 17.7 Å². The van der Waals surface area contributed by atoms with Gasteiger partial charge in [-0.3, -0.25) is 0 Å². The Morgan fingerprint density at radius 1 is 1.23 bits per heavy atom. The van der Waals surface area contributed by atoms with Crippen LogP contribution in [0.2, 0.25) is 0 Å². The molecule has 0 saturated heterocycles. The maximum Gasteiger partial charge on any atom is 0.408 e. The molecule has 2 aromatic carbocycles. The molecule has 2 rings (SSSR count). The molecule has 1 N–H and O–H groups in total. The third kappa shape index (κ3) is 5.23. The Kier molecular flexibility index (Phi) is 5.99. The van der Waals surface area contributed by atoms with Gasteiger partial charge in [0, 0.05) is 10.0 Å². The van der Waals surface area contributed by atoms with E-state index in [1.807, 2.05) is 30.3 Å². The molecule has 0 radical (unpaired) electrons. The Morgan fingerprint density at radius 2 is 2.00 bits per heavy atom. The average Bonchev–Trinajstić information content (AvgIpc) is 2.53. The highest BCUT2D eigenvalue weighted by atomic mass is 79.9. The highest BCUT2D eigenvalue weighted by molar-refractivity contribution is 9.10. The van der Waals surface area contributed by atoms with Gasteiger partial charge in [-0.1, -0.05) is 42.2 Å². The van der Waals surface area contributed by atoms with Gasteiger partial charge in [0.2, 0.25) is 0 Å². The molecular weight excluding hydrogens is 349 g/mol.